The van der Waals surface area contributed by atoms with Crippen LogP contribution in [0.25, 0.3) is 11.1 Å². The minimum Gasteiger partial charge on any atom is -0.466 e. The molecule has 3 rings (SSSR count). The average molecular weight is 468 g/mol. The second-order valence-corrected chi connectivity index (χ2v) is 8.26. The maximum atomic E-state index is 13.4. The largest absolute Gasteiger partial charge is 0.466 e. The molecule has 0 heterocycles. The van der Waals surface area contributed by atoms with Gasteiger partial charge in [0, 0.05) is 24.0 Å². The molecule has 4 nitrogen and oxygen atoms in total. The second-order valence-electron chi connectivity index (χ2n) is 7.83. The lowest BCUT2D eigenvalue weighted by molar-refractivity contribution is -0.142. The SMILES string of the molecule is CCOC(=O)Cc1cc(Cl)cc(-c2ccc(C(F)(F)F)cc2CN(CC)C(=O)C2CC2)c1. The first-order valence-corrected chi connectivity index (χ1v) is 10.9. The molecule has 2 aromatic rings. The minimum absolute atomic E-state index is 0.00137. The van der Waals surface area contributed by atoms with E-state index >= 15 is 0 Å². The average Bonchev–Trinajstić information content (AvgIpc) is 3.55. The maximum absolute atomic E-state index is 13.4. The molecule has 0 N–H and O–H groups in total. The number of rotatable bonds is 8. The van der Waals surface area contributed by atoms with Gasteiger partial charge < -0.3 is 9.64 Å². The highest BCUT2D eigenvalue weighted by Gasteiger charge is 2.34. The van der Waals surface area contributed by atoms with Crippen LogP contribution in [0.4, 0.5) is 13.2 Å². The molecule has 0 bridgehead atoms. The van der Waals surface area contributed by atoms with Crippen LogP contribution in [0.2, 0.25) is 5.02 Å². The van der Waals surface area contributed by atoms with Crippen LogP contribution in [-0.2, 0) is 33.5 Å². The van der Waals surface area contributed by atoms with Gasteiger partial charge in [0.1, 0.15) is 0 Å². The number of benzene rings is 2. The van der Waals surface area contributed by atoms with Gasteiger partial charge in [-0.15, -0.1) is 0 Å². The standard InChI is InChI=1S/C24H25ClF3NO3/c1-3-29(23(31)16-5-6-16)14-18-12-19(24(26,27)28)7-8-21(18)17-9-15(10-20(25)13-17)11-22(30)32-4-2/h7-10,12-13,16H,3-6,11,14H2,1-2H3. The zero-order valence-electron chi connectivity index (χ0n) is 18.0. The first-order valence-electron chi connectivity index (χ1n) is 10.6. The van der Waals surface area contributed by atoms with E-state index in [9.17, 15) is 22.8 Å². The molecule has 0 saturated heterocycles. The first-order chi connectivity index (χ1) is 15.1. The topological polar surface area (TPSA) is 46.6 Å². The third kappa shape index (κ3) is 6.03. The number of amides is 1. The van der Waals surface area contributed by atoms with Crippen molar-refractivity contribution < 1.29 is 27.5 Å². The number of carbonyl (C=O) groups excluding carboxylic acids is 2. The number of halogens is 4. The fourth-order valence-electron chi connectivity index (χ4n) is 3.61. The van der Waals surface area contributed by atoms with Gasteiger partial charge in [0.2, 0.25) is 5.91 Å². The maximum Gasteiger partial charge on any atom is 0.416 e. The van der Waals surface area contributed by atoms with Gasteiger partial charge >= 0.3 is 12.1 Å². The van der Waals surface area contributed by atoms with E-state index in [1.807, 2.05) is 6.92 Å². The van der Waals surface area contributed by atoms with Crippen LogP contribution in [0.1, 0.15) is 43.4 Å². The fraction of sp³-hybridized carbons (Fsp3) is 0.417. The molecule has 1 amide bonds. The molecule has 0 spiro atoms. The van der Waals surface area contributed by atoms with E-state index in [4.69, 9.17) is 16.3 Å². The summed E-state index contributed by atoms with van der Waals surface area (Å²) < 4.78 is 45.2. The lowest BCUT2D eigenvalue weighted by Gasteiger charge is -2.24. The summed E-state index contributed by atoms with van der Waals surface area (Å²) in [5, 5.41) is 0.356. The zero-order chi connectivity index (χ0) is 23.5. The summed E-state index contributed by atoms with van der Waals surface area (Å²) in [6.45, 7) is 4.22. The van der Waals surface area contributed by atoms with Gasteiger partial charge in [0.25, 0.3) is 0 Å². The van der Waals surface area contributed by atoms with E-state index in [2.05, 4.69) is 0 Å². The third-order valence-corrected chi connectivity index (χ3v) is 5.55. The van der Waals surface area contributed by atoms with Crippen molar-refractivity contribution in [1.82, 2.24) is 4.90 Å². The molecule has 0 atom stereocenters. The van der Waals surface area contributed by atoms with Gasteiger partial charge in [-0.1, -0.05) is 23.7 Å². The van der Waals surface area contributed by atoms with Crippen molar-refractivity contribution in [2.45, 2.75) is 45.8 Å². The molecule has 32 heavy (non-hydrogen) atoms. The Morgan fingerprint density at radius 2 is 1.84 bits per heavy atom. The Hall–Kier alpha value is -2.54. The summed E-state index contributed by atoms with van der Waals surface area (Å²) in [5.74, 6) is -0.489. The second kappa shape index (κ2) is 9.94. The minimum atomic E-state index is -4.51. The Bertz CT molecular complexity index is 1000. The normalized spacial score (nSPS) is 13.7. The molecule has 172 valence electrons. The number of ether oxygens (including phenoxy) is 1. The van der Waals surface area contributed by atoms with Crippen LogP contribution in [0, 0.1) is 5.92 Å². The number of nitrogens with zero attached hydrogens (tertiary/aromatic N) is 1. The molecule has 0 aliphatic heterocycles. The molecule has 0 aromatic heterocycles. The van der Waals surface area contributed by atoms with Crippen LogP contribution in [0.15, 0.2) is 36.4 Å². The summed E-state index contributed by atoms with van der Waals surface area (Å²) in [6, 6.07) is 8.48. The van der Waals surface area contributed by atoms with Crippen molar-refractivity contribution in [2.24, 2.45) is 5.92 Å². The van der Waals surface area contributed by atoms with Crippen molar-refractivity contribution in [1.29, 1.82) is 0 Å². The van der Waals surface area contributed by atoms with Crippen LogP contribution in [-0.4, -0.2) is 29.9 Å². The summed E-state index contributed by atoms with van der Waals surface area (Å²) in [5.41, 5.74) is 1.31. The molecule has 8 heteroatoms. The van der Waals surface area contributed by atoms with E-state index in [1.54, 1.807) is 30.0 Å². The highest BCUT2D eigenvalue weighted by Crippen LogP contribution is 2.36. The van der Waals surface area contributed by atoms with Gasteiger partial charge in [-0.3, -0.25) is 9.59 Å². The summed E-state index contributed by atoms with van der Waals surface area (Å²) in [4.78, 5) is 26.1. The van der Waals surface area contributed by atoms with Crippen LogP contribution >= 0.6 is 11.6 Å². The lowest BCUT2D eigenvalue weighted by Crippen LogP contribution is -2.31. The third-order valence-electron chi connectivity index (χ3n) is 5.34. The van der Waals surface area contributed by atoms with E-state index in [-0.39, 0.29) is 31.4 Å². The van der Waals surface area contributed by atoms with Crippen LogP contribution in [0.3, 0.4) is 0 Å². The molecule has 1 saturated carbocycles. The highest BCUT2D eigenvalue weighted by molar-refractivity contribution is 6.31. The van der Waals surface area contributed by atoms with Crippen molar-refractivity contribution in [3.05, 3.63) is 58.1 Å². The van der Waals surface area contributed by atoms with Crippen molar-refractivity contribution >= 4 is 23.5 Å². The van der Waals surface area contributed by atoms with E-state index < -0.39 is 17.7 Å². The molecule has 0 unspecified atom stereocenters. The first kappa shape index (κ1) is 24.1. The Morgan fingerprint density at radius 1 is 1.12 bits per heavy atom. The molecule has 0 radical (unpaired) electrons. The number of hydrogen-bond acceptors (Lipinski definition) is 3. The number of hydrogen-bond donors (Lipinski definition) is 0. The van der Waals surface area contributed by atoms with Gasteiger partial charge in [-0.2, -0.15) is 13.2 Å². The Balaban J connectivity index is 2.02. The fourth-order valence-corrected chi connectivity index (χ4v) is 3.87. The van der Waals surface area contributed by atoms with Crippen molar-refractivity contribution in [2.75, 3.05) is 13.2 Å². The monoisotopic (exact) mass is 467 g/mol. The molecule has 2 aromatic carbocycles. The Labute approximate surface area is 190 Å². The summed E-state index contributed by atoms with van der Waals surface area (Å²) >= 11 is 6.25. The quantitative estimate of drug-likeness (QED) is 0.455. The zero-order valence-corrected chi connectivity index (χ0v) is 18.7. The lowest BCUT2D eigenvalue weighted by atomic mass is 9.95. The van der Waals surface area contributed by atoms with Gasteiger partial charge in [0.15, 0.2) is 0 Å². The number of carbonyl (C=O) groups is 2. The number of alkyl halides is 3. The molecular weight excluding hydrogens is 443 g/mol. The predicted octanol–water partition coefficient (Wildman–Crippen LogP) is 5.89. The van der Waals surface area contributed by atoms with Crippen LogP contribution in [0.5, 0.6) is 0 Å². The van der Waals surface area contributed by atoms with Crippen LogP contribution < -0.4 is 0 Å². The molecular formula is C24H25ClF3NO3. The Kier molecular flexibility index (Phi) is 7.49. The smallest absolute Gasteiger partial charge is 0.416 e. The summed E-state index contributed by atoms with van der Waals surface area (Å²) in [6.07, 6.45) is -2.88. The summed E-state index contributed by atoms with van der Waals surface area (Å²) in [7, 11) is 0. The predicted molar refractivity (Wildman–Crippen MR) is 116 cm³/mol. The Morgan fingerprint density at radius 3 is 2.44 bits per heavy atom. The molecule has 1 fully saturated rings. The van der Waals surface area contributed by atoms with E-state index in [0.29, 0.717) is 33.8 Å². The van der Waals surface area contributed by atoms with E-state index in [1.165, 1.54) is 6.07 Å². The molecule has 1 aliphatic rings. The van der Waals surface area contributed by atoms with Gasteiger partial charge in [0.05, 0.1) is 18.6 Å². The molecule has 1 aliphatic carbocycles. The number of esters is 1. The van der Waals surface area contributed by atoms with E-state index in [0.717, 1.165) is 25.0 Å². The van der Waals surface area contributed by atoms with Crippen molar-refractivity contribution in [3.8, 4) is 11.1 Å². The highest BCUT2D eigenvalue weighted by atomic mass is 35.5. The van der Waals surface area contributed by atoms with Crippen molar-refractivity contribution in [3.63, 3.8) is 0 Å². The van der Waals surface area contributed by atoms with Gasteiger partial charge in [-0.25, -0.2) is 0 Å². The van der Waals surface area contributed by atoms with Gasteiger partial charge in [-0.05, 0) is 73.2 Å².